The van der Waals surface area contributed by atoms with Crippen molar-refractivity contribution in [2.75, 3.05) is 32.2 Å². The third-order valence-electron chi connectivity index (χ3n) is 2.42. The molecule has 3 nitrogen and oxygen atoms in total. The standard InChI is InChI=1S/C12H19NO2/c1-13(8-5-9-15-2)12-7-4-3-6-11(12)10-14/h3-4,6-7,14H,5,8-10H2,1-2H3. The molecule has 0 saturated heterocycles. The monoisotopic (exact) mass is 209 g/mol. The van der Waals surface area contributed by atoms with E-state index in [0.29, 0.717) is 0 Å². The minimum Gasteiger partial charge on any atom is -0.392 e. The summed E-state index contributed by atoms with van der Waals surface area (Å²) in [5.74, 6) is 0. The maximum Gasteiger partial charge on any atom is 0.0702 e. The second kappa shape index (κ2) is 6.43. The average molecular weight is 209 g/mol. The molecule has 0 spiro atoms. The van der Waals surface area contributed by atoms with E-state index < -0.39 is 0 Å². The van der Waals surface area contributed by atoms with Crippen LogP contribution in [-0.2, 0) is 11.3 Å². The Morgan fingerprint density at radius 1 is 1.33 bits per heavy atom. The smallest absolute Gasteiger partial charge is 0.0702 e. The molecule has 0 saturated carbocycles. The van der Waals surface area contributed by atoms with Gasteiger partial charge in [-0.1, -0.05) is 18.2 Å². The fraction of sp³-hybridized carbons (Fsp3) is 0.500. The highest BCUT2D eigenvalue weighted by Gasteiger charge is 2.04. The second-order valence-electron chi connectivity index (χ2n) is 3.55. The van der Waals surface area contributed by atoms with Gasteiger partial charge in [-0.2, -0.15) is 0 Å². The molecule has 0 fully saturated rings. The molecule has 3 heteroatoms. The summed E-state index contributed by atoms with van der Waals surface area (Å²) in [5.41, 5.74) is 2.06. The molecule has 0 aliphatic carbocycles. The Kier molecular flexibility index (Phi) is 5.15. The first-order valence-corrected chi connectivity index (χ1v) is 5.18. The zero-order valence-corrected chi connectivity index (χ0v) is 9.44. The van der Waals surface area contributed by atoms with E-state index in [1.54, 1.807) is 7.11 Å². The van der Waals surface area contributed by atoms with Crippen LogP contribution in [0.25, 0.3) is 0 Å². The Labute approximate surface area is 91.3 Å². The molecule has 0 atom stereocenters. The van der Waals surface area contributed by atoms with Crippen LogP contribution in [0.2, 0.25) is 0 Å². The number of aliphatic hydroxyl groups is 1. The van der Waals surface area contributed by atoms with Gasteiger partial charge in [-0.3, -0.25) is 0 Å². The first-order chi connectivity index (χ1) is 7.29. The Balaban J connectivity index is 2.59. The largest absolute Gasteiger partial charge is 0.392 e. The van der Waals surface area contributed by atoms with Gasteiger partial charge in [-0.05, 0) is 12.5 Å². The molecule has 0 unspecified atom stereocenters. The van der Waals surface area contributed by atoms with Crippen LogP contribution in [0, 0.1) is 0 Å². The summed E-state index contributed by atoms with van der Waals surface area (Å²) in [5, 5.41) is 9.19. The molecule has 15 heavy (non-hydrogen) atoms. The molecule has 1 N–H and O–H groups in total. The number of aliphatic hydroxyl groups excluding tert-OH is 1. The Morgan fingerprint density at radius 3 is 2.73 bits per heavy atom. The first kappa shape index (κ1) is 12.0. The van der Waals surface area contributed by atoms with Crippen molar-refractivity contribution in [2.45, 2.75) is 13.0 Å². The maximum absolute atomic E-state index is 9.19. The van der Waals surface area contributed by atoms with Gasteiger partial charge in [0.15, 0.2) is 0 Å². The minimum absolute atomic E-state index is 0.0881. The zero-order chi connectivity index (χ0) is 11.1. The predicted octanol–water partition coefficient (Wildman–Crippen LogP) is 1.65. The van der Waals surface area contributed by atoms with Crippen molar-refractivity contribution in [3.8, 4) is 0 Å². The van der Waals surface area contributed by atoms with Gasteiger partial charge in [0.1, 0.15) is 0 Å². The fourth-order valence-electron chi connectivity index (χ4n) is 1.58. The van der Waals surface area contributed by atoms with Crippen LogP contribution in [0.1, 0.15) is 12.0 Å². The lowest BCUT2D eigenvalue weighted by atomic mass is 10.1. The number of methoxy groups -OCH3 is 1. The summed E-state index contributed by atoms with van der Waals surface area (Å²) in [7, 11) is 3.74. The molecular weight excluding hydrogens is 190 g/mol. The zero-order valence-electron chi connectivity index (χ0n) is 9.44. The summed E-state index contributed by atoms with van der Waals surface area (Å²) in [6.45, 7) is 1.79. The van der Waals surface area contributed by atoms with Gasteiger partial charge in [0, 0.05) is 38.6 Å². The van der Waals surface area contributed by atoms with Crippen molar-refractivity contribution >= 4 is 5.69 Å². The summed E-state index contributed by atoms with van der Waals surface area (Å²) >= 11 is 0. The van der Waals surface area contributed by atoms with Gasteiger partial charge in [0.05, 0.1) is 6.61 Å². The molecule has 1 aromatic rings. The molecule has 0 amide bonds. The van der Waals surface area contributed by atoms with Crippen molar-refractivity contribution in [1.82, 2.24) is 0 Å². The van der Waals surface area contributed by atoms with E-state index in [1.165, 1.54) is 0 Å². The highest BCUT2D eigenvalue weighted by molar-refractivity contribution is 5.52. The van der Waals surface area contributed by atoms with E-state index in [2.05, 4.69) is 4.90 Å². The first-order valence-electron chi connectivity index (χ1n) is 5.18. The van der Waals surface area contributed by atoms with E-state index in [-0.39, 0.29) is 6.61 Å². The number of rotatable bonds is 6. The summed E-state index contributed by atoms with van der Waals surface area (Å²) in [6.07, 6.45) is 0.993. The lowest BCUT2D eigenvalue weighted by Crippen LogP contribution is -2.21. The van der Waals surface area contributed by atoms with Crippen molar-refractivity contribution in [1.29, 1.82) is 0 Å². The van der Waals surface area contributed by atoms with E-state index >= 15 is 0 Å². The quantitative estimate of drug-likeness (QED) is 0.723. The van der Waals surface area contributed by atoms with Crippen molar-refractivity contribution in [3.63, 3.8) is 0 Å². The van der Waals surface area contributed by atoms with Crippen LogP contribution < -0.4 is 4.90 Å². The van der Waals surface area contributed by atoms with Crippen molar-refractivity contribution < 1.29 is 9.84 Å². The van der Waals surface area contributed by atoms with Crippen LogP contribution >= 0.6 is 0 Å². The molecule has 0 bridgehead atoms. The van der Waals surface area contributed by atoms with Gasteiger partial charge in [0.25, 0.3) is 0 Å². The maximum atomic E-state index is 9.19. The highest BCUT2D eigenvalue weighted by Crippen LogP contribution is 2.18. The highest BCUT2D eigenvalue weighted by atomic mass is 16.5. The number of nitrogens with zero attached hydrogens (tertiary/aromatic N) is 1. The predicted molar refractivity (Wildman–Crippen MR) is 62.1 cm³/mol. The molecule has 0 aliphatic rings. The molecular formula is C12H19NO2. The number of ether oxygens (including phenoxy) is 1. The molecule has 0 aliphatic heterocycles. The SMILES string of the molecule is COCCCN(C)c1ccccc1CO. The van der Waals surface area contributed by atoms with Crippen molar-refractivity contribution in [3.05, 3.63) is 29.8 Å². The molecule has 1 rings (SSSR count). The number of hydrogen-bond donors (Lipinski definition) is 1. The van der Waals surface area contributed by atoms with E-state index in [9.17, 15) is 5.11 Å². The van der Waals surface area contributed by atoms with Crippen LogP contribution in [0.4, 0.5) is 5.69 Å². The third kappa shape index (κ3) is 3.53. The summed E-state index contributed by atoms with van der Waals surface area (Å²) in [6, 6.07) is 7.90. The molecule has 0 heterocycles. The van der Waals surface area contributed by atoms with Crippen LogP contribution in [0.15, 0.2) is 24.3 Å². The van der Waals surface area contributed by atoms with Gasteiger partial charge < -0.3 is 14.7 Å². The van der Waals surface area contributed by atoms with Gasteiger partial charge in [-0.15, -0.1) is 0 Å². The Morgan fingerprint density at radius 2 is 2.07 bits per heavy atom. The van der Waals surface area contributed by atoms with Crippen molar-refractivity contribution in [2.24, 2.45) is 0 Å². The average Bonchev–Trinajstić information content (AvgIpc) is 2.29. The van der Waals surface area contributed by atoms with Gasteiger partial charge in [-0.25, -0.2) is 0 Å². The molecule has 84 valence electrons. The molecule has 1 aromatic carbocycles. The lowest BCUT2D eigenvalue weighted by Gasteiger charge is -2.21. The fourth-order valence-corrected chi connectivity index (χ4v) is 1.58. The summed E-state index contributed by atoms with van der Waals surface area (Å²) < 4.78 is 5.01. The van der Waals surface area contributed by atoms with Crippen LogP contribution in [0.5, 0.6) is 0 Å². The Bertz CT molecular complexity index is 289. The number of hydrogen-bond acceptors (Lipinski definition) is 3. The lowest BCUT2D eigenvalue weighted by molar-refractivity contribution is 0.196. The van der Waals surface area contributed by atoms with E-state index in [4.69, 9.17) is 4.74 Å². The minimum atomic E-state index is 0.0881. The topological polar surface area (TPSA) is 32.7 Å². The van der Waals surface area contributed by atoms with Gasteiger partial charge in [0.2, 0.25) is 0 Å². The number of anilines is 1. The van der Waals surface area contributed by atoms with E-state index in [1.807, 2.05) is 31.3 Å². The van der Waals surface area contributed by atoms with Gasteiger partial charge >= 0.3 is 0 Å². The van der Waals surface area contributed by atoms with Crippen LogP contribution in [0.3, 0.4) is 0 Å². The molecule has 0 aromatic heterocycles. The van der Waals surface area contributed by atoms with E-state index in [0.717, 1.165) is 30.8 Å². The normalized spacial score (nSPS) is 10.3. The van der Waals surface area contributed by atoms with Crippen LogP contribution in [-0.4, -0.2) is 32.4 Å². The molecule has 0 radical (unpaired) electrons. The number of benzene rings is 1. The Hall–Kier alpha value is -1.06. The summed E-state index contributed by atoms with van der Waals surface area (Å²) in [4.78, 5) is 2.14. The second-order valence-corrected chi connectivity index (χ2v) is 3.55. The number of para-hydroxylation sites is 1. The third-order valence-corrected chi connectivity index (χ3v) is 2.42.